The van der Waals surface area contributed by atoms with Crippen LogP contribution < -0.4 is 0 Å². The molecule has 0 bridgehead atoms. The van der Waals surface area contributed by atoms with Crippen LogP contribution in [0.2, 0.25) is 0 Å². The van der Waals surface area contributed by atoms with Crippen LogP contribution in [0.1, 0.15) is 86.8 Å². The van der Waals surface area contributed by atoms with E-state index in [9.17, 15) is 0 Å². The first-order valence-electron chi connectivity index (χ1n) is 25.3. The van der Waals surface area contributed by atoms with E-state index in [2.05, 4.69) is 209 Å². The van der Waals surface area contributed by atoms with Crippen LogP contribution in [0.3, 0.4) is 0 Å². The van der Waals surface area contributed by atoms with Gasteiger partial charge in [0.15, 0.2) is 0 Å². The molecule has 0 unspecified atom stereocenters. The molecule has 9 aromatic carbocycles. The third-order valence-corrected chi connectivity index (χ3v) is 13.3. The van der Waals surface area contributed by atoms with Crippen LogP contribution in [0.15, 0.2) is 174 Å². The second-order valence-corrected chi connectivity index (χ2v) is 19.7. The maximum Gasteiger partial charge on any atom is 0.121 e. The molecule has 3 heterocycles. The van der Waals surface area contributed by atoms with Gasteiger partial charge in [0.2, 0.25) is 0 Å². The van der Waals surface area contributed by atoms with E-state index in [1.165, 1.54) is 66.3 Å². The van der Waals surface area contributed by atoms with Crippen LogP contribution in [0.25, 0.3) is 105 Å². The fraction of sp³-hybridized carbons (Fsp3) is 0.172. The van der Waals surface area contributed by atoms with Crippen molar-refractivity contribution in [2.45, 2.75) is 72.6 Å². The van der Waals surface area contributed by atoms with Gasteiger partial charge < -0.3 is 8.98 Å². The normalized spacial score (nSPS) is 12.7. The first-order chi connectivity index (χ1) is 34.6. The number of furan rings is 1. The van der Waals surface area contributed by atoms with Crippen molar-refractivity contribution in [1.82, 2.24) is 19.5 Å². The molecule has 6 heteroatoms. The van der Waals surface area contributed by atoms with Crippen molar-refractivity contribution in [3.63, 3.8) is 0 Å². The molecular formula is C64H54IrN4O-2. The van der Waals surface area contributed by atoms with Gasteiger partial charge >= 0.3 is 0 Å². The van der Waals surface area contributed by atoms with Gasteiger partial charge in [-0.3, -0.25) is 15.0 Å². The molecule has 1 radical (unpaired) electrons. The van der Waals surface area contributed by atoms with Gasteiger partial charge in [-0.25, -0.2) is 0 Å². The topological polar surface area (TPSA) is 56.7 Å². The zero-order valence-electron chi connectivity index (χ0n) is 43.4. The summed E-state index contributed by atoms with van der Waals surface area (Å²) in [6.07, 6.45) is 1.72. The fourth-order valence-electron chi connectivity index (χ4n) is 9.72. The number of aromatic nitrogens is 4. The van der Waals surface area contributed by atoms with Crippen molar-refractivity contribution >= 4 is 65.3 Å². The second kappa shape index (κ2) is 18.6. The van der Waals surface area contributed by atoms with E-state index >= 15 is 0 Å². The quantitative estimate of drug-likeness (QED) is 0.123. The molecule has 0 N–H and O–H groups in total. The van der Waals surface area contributed by atoms with E-state index in [4.69, 9.17) is 13.5 Å². The van der Waals surface area contributed by atoms with Crippen molar-refractivity contribution < 1.29 is 28.6 Å². The van der Waals surface area contributed by atoms with Gasteiger partial charge in [-0.1, -0.05) is 163 Å². The molecule has 0 aliphatic heterocycles. The first kappa shape index (κ1) is 42.8. The van der Waals surface area contributed by atoms with Crippen molar-refractivity contribution in [3.05, 3.63) is 205 Å². The zero-order chi connectivity index (χ0) is 50.1. The van der Waals surface area contributed by atoms with Gasteiger partial charge in [-0.2, -0.15) is 0 Å². The Morgan fingerprint density at radius 2 is 1.30 bits per heavy atom. The molecule has 12 rings (SSSR count). The first-order valence-corrected chi connectivity index (χ1v) is 23.8. The standard InChI is InChI=1S/C49H37N2O.C15H17N2.Ir/c1-29(2)40-26-35(31-13-6-5-7-14-31)27-41(30(3)4)46(40)51-47-37-18-11-9-16-33(37)23-24-44(47)50-49(51)39-20-12-19-38-43-25-34-22-21-32-15-8-10-17-36(32)42(34)28-45(43)52-48(38)39;1-11-5-7-12(8-6-11)14-16-10-9-13(17-14)15(2,3)4;/h5-19,21-30H,1-4H3;5-7,9-10H,1-4H3;/q2*-1;/i;1D3;. The molecule has 0 saturated heterocycles. The fourth-order valence-corrected chi connectivity index (χ4v) is 9.72. The molecule has 0 aliphatic rings. The molecule has 347 valence electrons. The number of imidazole rings is 1. The van der Waals surface area contributed by atoms with Crippen LogP contribution in [-0.2, 0) is 25.5 Å². The Bertz CT molecular complexity index is 3990. The summed E-state index contributed by atoms with van der Waals surface area (Å²) in [5.41, 5.74) is 12.6. The zero-order valence-corrected chi connectivity index (χ0v) is 42.7. The van der Waals surface area contributed by atoms with Crippen LogP contribution in [0.4, 0.5) is 0 Å². The number of nitrogens with zero attached hydrogens (tertiary/aromatic N) is 4. The second-order valence-electron chi connectivity index (χ2n) is 19.7. The number of rotatable bonds is 6. The summed E-state index contributed by atoms with van der Waals surface area (Å²) >= 11 is 0. The molecule has 0 aliphatic carbocycles. The predicted molar refractivity (Wildman–Crippen MR) is 288 cm³/mol. The van der Waals surface area contributed by atoms with E-state index in [0.717, 1.165) is 50.1 Å². The minimum absolute atomic E-state index is 0. The number of benzene rings is 9. The third kappa shape index (κ3) is 8.40. The maximum absolute atomic E-state index is 7.35. The van der Waals surface area contributed by atoms with E-state index in [1.54, 1.807) is 18.3 Å². The van der Waals surface area contributed by atoms with Gasteiger partial charge in [0, 0.05) is 58.0 Å². The summed E-state index contributed by atoms with van der Waals surface area (Å²) in [7, 11) is 0. The van der Waals surface area contributed by atoms with Crippen LogP contribution in [-0.4, -0.2) is 19.5 Å². The van der Waals surface area contributed by atoms with Gasteiger partial charge in [-0.05, 0) is 97.4 Å². The minimum Gasteiger partial charge on any atom is -0.501 e. The van der Waals surface area contributed by atoms with E-state index in [1.807, 2.05) is 12.1 Å². The molecule has 0 saturated carbocycles. The Morgan fingerprint density at radius 1 is 0.614 bits per heavy atom. The Morgan fingerprint density at radius 3 is 2.00 bits per heavy atom. The summed E-state index contributed by atoms with van der Waals surface area (Å²) in [4.78, 5) is 14.2. The molecule has 70 heavy (non-hydrogen) atoms. The number of hydrogen-bond acceptors (Lipinski definition) is 4. The SMILES string of the molecule is CC(C)c1cc(-c2ccccc2)cc(C(C)C)c1-n1c(-c2[c-]ccc3c2oc2cc4c(ccc5ccccc54)cc23)nc2ccc3ccccc3c21.[2H]C([2H])([2H])c1c[c-]c(-c2nccc(C(C)(C)C)n2)cc1.[Ir]. The summed E-state index contributed by atoms with van der Waals surface area (Å²) < 4.78 is 31.4. The van der Waals surface area contributed by atoms with Crippen molar-refractivity contribution in [3.8, 4) is 39.6 Å². The van der Waals surface area contributed by atoms with Gasteiger partial charge in [0.1, 0.15) is 5.58 Å². The summed E-state index contributed by atoms with van der Waals surface area (Å²) in [5.74, 6) is 1.91. The smallest absolute Gasteiger partial charge is 0.121 e. The third-order valence-electron chi connectivity index (χ3n) is 13.3. The van der Waals surface area contributed by atoms with E-state index in [0.29, 0.717) is 11.4 Å². The average Bonchev–Trinajstić information content (AvgIpc) is 3.96. The Hall–Kier alpha value is -7.24. The summed E-state index contributed by atoms with van der Waals surface area (Å²) in [5, 5.41) is 9.36. The van der Waals surface area contributed by atoms with Crippen molar-refractivity contribution in [2.24, 2.45) is 0 Å². The van der Waals surface area contributed by atoms with Crippen LogP contribution in [0, 0.1) is 19.0 Å². The van der Waals surface area contributed by atoms with Gasteiger partial charge in [0.05, 0.1) is 28.3 Å². The molecule has 3 aromatic heterocycles. The monoisotopic (exact) mass is 1090 g/mol. The van der Waals surface area contributed by atoms with Crippen molar-refractivity contribution in [2.75, 3.05) is 0 Å². The summed E-state index contributed by atoms with van der Waals surface area (Å²) in [6, 6.07) is 63.4. The number of aryl methyl sites for hydroxylation is 1. The molecule has 0 fully saturated rings. The number of hydrogen-bond donors (Lipinski definition) is 0. The summed E-state index contributed by atoms with van der Waals surface area (Å²) in [6.45, 7) is 13.3. The van der Waals surface area contributed by atoms with Gasteiger partial charge in [0.25, 0.3) is 0 Å². The Balaban J connectivity index is 0.000000246. The molecule has 0 amide bonds. The Kier molecular flexibility index (Phi) is 11.4. The predicted octanol–water partition coefficient (Wildman–Crippen LogP) is 17.3. The van der Waals surface area contributed by atoms with E-state index < -0.39 is 6.85 Å². The molecular weight excluding hydrogens is 1030 g/mol. The van der Waals surface area contributed by atoms with Crippen LogP contribution >= 0.6 is 0 Å². The molecule has 5 nitrogen and oxygen atoms in total. The number of fused-ring (bicyclic) bond motifs is 9. The van der Waals surface area contributed by atoms with Gasteiger partial charge in [-0.15, -0.1) is 53.6 Å². The Labute approximate surface area is 427 Å². The minimum atomic E-state index is -2.11. The van der Waals surface area contributed by atoms with Crippen LogP contribution in [0.5, 0.6) is 0 Å². The molecule has 0 spiro atoms. The molecule has 0 atom stereocenters. The van der Waals surface area contributed by atoms with Crippen molar-refractivity contribution in [1.29, 1.82) is 0 Å². The largest absolute Gasteiger partial charge is 0.501 e. The average molecular weight is 1090 g/mol. The molecule has 12 aromatic rings. The van der Waals surface area contributed by atoms with E-state index in [-0.39, 0.29) is 42.9 Å². The maximum atomic E-state index is 7.35.